The zero-order chi connectivity index (χ0) is 10.1. The molecule has 74 valence electrons. The standard InChI is InChI=1S/C9H8F2N2O/c10-9(11)8(14)6-3-1-2-5-4-12-13-7(5)6/h1-4,8-9,14H,(H,12,13). The first kappa shape index (κ1) is 9.08. The minimum Gasteiger partial charge on any atom is -0.382 e. The van der Waals surface area contributed by atoms with Gasteiger partial charge in [0.05, 0.1) is 11.7 Å². The Hall–Kier alpha value is -1.49. The third kappa shape index (κ3) is 1.35. The fourth-order valence-electron chi connectivity index (χ4n) is 1.37. The molecule has 2 rings (SSSR count). The predicted octanol–water partition coefficient (Wildman–Crippen LogP) is 1.86. The highest BCUT2D eigenvalue weighted by Crippen LogP contribution is 2.26. The van der Waals surface area contributed by atoms with E-state index in [1.807, 2.05) is 0 Å². The number of para-hydroxylation sites is 1. The van der Waals surface area contributed by atoms with E-state index in [-0.39, 0.29) is 5.56 Å². The zero-order valence-corrected chi connectivity index (χ0v) is 7.11. The average molecular weight is 198 g/mol. The van der Waals surface area contributed by atoms with E-state index in [0.717, 1.165) is 0 Å². The summed E-state index contributed by atoms with van der Waals surface area (Å²) in [6.07, 6.45) is -3.03. The monoisotopic (exact) mass is 198 g/mol. The molecule has 0 fully saturated rings. The number of halogens is 2. The molecule has 0 aliphatic rings. The average Bonchev–Trinajstić information content (AvgIpc) is 2.63. The molecular weight excluding hydrogens is 190 g/mol. The smallest absolute Gasteiger partial charge is 0.268 e. The van der Waals surface area contributed by atoms with Gasteiger partial charge in [0.15, 0.2) is 0 Å². The molecule has 0 bridgehead atoms. The second-order valence-electron chi connectivity index (χ2n) is 2.96. The van der Waals surface area contributed by atoms with E-state index in [2.05, 4.69) is 10.2 Å². The molecule has 0 saturated carbocycles. The van der Waals surface area contributed by atoms with Gasteiger partial charge in [-0.05, 0) is 0 Å². The lowest BCUT2D eigenvalue weighted by Crippen LogP contribution is -2.08. The van der Waals surface area contributed by atoms with E-state index in [1.54, 1.807) is 12.1 Å². The Morgan fingerprint density at radius 2 is 2.14 bits per heavy atom. The molecule has 0 aliphatic carbocycles. The number of nitrogens with one attached hydrogen (secondary N) is 1. The number of alkyl halides is 2. The molecule has 1 heterocycles. The van der Waals surface area contributed by atoms with E-state index in [9.17, 15) is 13.9 Å². The summed E-state index contributed by atoms with van der Waals surface area (Å²) in [4.78, 5) is 0. The Bertz CT molecular complexity index is 441. The van der Waals surface area contributed by atoms with Gasteiger partial charge in [-0.3, -0.25) is 5.10 Å². The lowest BCUT2D eigenvalue weighted by Gasteiger charge is -2.09. The number of hydrogen-bond donors (Lipinski definition) is 2. The van der Waals surface area contributed by atoms with Crippen molar-refractivity contribution < 1.29 is 13.9 Å². The van der Waals surface area contributed by atoms with Gasteiger partial charge in [-0.2, -0.15) is 5.10 Å². The van der Waals surface area contributed by atoms with Crippen LogP contribution in [-0.4, -0.2) is 21.7 Å². The van der Waals surface area contributed by atoms with Crippen LogP contribution in [0.1, 0.15) is 11.7 Å². The van der Waals surface area contributed by atoms with Gasteiger partial charge in [-0.25, -0.2) is 8.78 Å². The summed E-state index contributed by atoms with van der Waals surface area (Å²) >= 11 is 0. The molecular formula is C9H8F2N2O. The zero-order valence-electron chi connectivity index (χ0n) is 7.11. The van der Waals surface area contributed by atoms with Gasteiger partial charge >= 0.3 is 0 Å². The normalized spacial score (nSPS) is 13.7. The van der Waals surface area contributed by atoms with Crippen molar-refractivity contribution in [3.05, 3.63) is 30.0 Å². The SMILES string of the molecule is OC(c1cccc2cn[nH]c12)C(F)F. The van der Waals surface area contributed by atoms with E-state index in [0.29, 0.717) is 10.9 Å². The number of fused-ring (bicyclic) bond motifs is 1. The number of aliphatic hydroxyl groups excluding tert-OH is 1. The number of H-pyrrole nitrogens is 1. The Balaban J connectivity index is 2.56. The van der Waals surface area contributed by atoms with Crippen molar-refractivity contribution in [3.63, 3.8) is 0 Å². The molecule has 0 radical (unpaired) electrons. The first-order valence-corrected chi connectivity index (χ1v) is 4.08. The summed E-state index contributed by atoms with van der Waals surface area (Å²) in [5.41, 5.74) is 0.635. The number of aliphatic hydroxyl groups is 1. The van der Waals surface area contributed by atoms with Gasteiger partial charge < -0.3 is 5.11 Å². The van der Waals surface area contributed by atoms with Crippen molar-refractivity contribution in [2.24, 2.45) is 0 Å². The van der Waals surface area contributed by atoms with Crippen molar-refractivity contribution in [2.75, 3.05) is 0 Å². The molecule has 1 aromatic heterocycles. The van der Waals surface area contributed by atoms with Crippen LogP contribution in [0.4, 0.5) is 8.78 Å². The lowest BCUT2D eigenvalue weighted by molar-refractivity contribution is -0.00504. The molecule has 0 amide bonds. The molecule has 14 heavy (non-hydrogen) atoms. The van der Waals surface area contributed by atoms with Crippen molar-refractivity contribution in [3.8, 4) is 0 Å². The minimum absolute atomic E-state index is 0.176. The van der Waals surface area contributed by atoms with E-state index in [1.165, 1.54) is 12.3 Å². The fourth-order valence-corrected chi connectivity index (χ4v) is 1.37. The van der Waals surface area contributed by atoms with Crippen LogP contribution >= 0.6 is 0 Å². The Morgan fingerprint density at radius 1 is 1.36 bits per heavy atom. The highest BCUT2D eigenvalue weighted by atomic mass is 19.3. The van der Waals surface area contributed by atoms with Gasteiger partial charge in [0.2, 0.25) is 0 Å². The lowest BCUT2D eigenvalue weighted by atomic mass is 10.1. The summed E-state index contributed by atoms with van der Waals surface area (Å²) in [5, 5.41) is 16.2. The third-order valence-corrected chi connectivity index (χ3v) is 2.07. The van der Waals surface area contributed by atoms with E-state index >= 15 is 0 Å². The number of aromatic nitrogens is 2. The van der Waals surface area contributed by atoms with Crippen LogP contribution in [0.15, 0.2) is 24.4 Å². The molecule has 2 aromatic rings. The molecule has 1 aromatic carbocycles. The van der Waals surface area contributed by atoms with Crippen LogP contribution in [0.5, 0.6) is 0 Å². The van der Waals surface area contributed by atoms with Gasteiger partial charge in [-0.15, -0.1) is 0 Å². The fraction of sp³-hybridized carbons (Fsp3) is 0.222. The second-order valence-corrected chi connectivity index (χ2v) is 2.96. The second kappa shape index (κ2) is 3.34. The summed E-state index contributed by atoms with van der Waals surface area (Å²) in [6.45, 7) is 0. The quantitative estimate of drug-likeness (QED) is 0.773. The van der Waals surface area contributed by atoms with Crippen LogP contribution in [0.2, 0.25) is 0 Å². The number of nitrogens with zero attached hydrogens (tertiary/aromatic N) is 1. The molecule has 0 spiro atoms. The van der Waals surface area contributed by atoms with Gasteiger partial charge in [-0.1, -0.05) is 18.2 Å². The Morgan fingerprint density at radius 3 is 2.86 bits per heavy atom. The van der Waals surface area contributed by atoms with Crippen LogP contribution in [-0.2, 0) is 0 Å². The van der Waals surface area contributed by atoms with Crippen molar-refractivity contribution in [1.29, 1.82) is 0 Å². The minimum atomic E-state index is -2.79. The molecule has 5 heteroatoms. The van der Waals surface area contributed by atoms with Crippen molar-refractivity contribution in [1.82, 2.24) is 10.2 Å². The predicted molar refractivity (Wildman–Crippen MR) is 47.1 cm³/mol. The van der Waals surface area contributed by atoms with Crippen molar-refractivity contribution >= 4 is 10.9 Å². The van der Waals surface area contributed by atoms with Crippen LogP contribution in [0.25, 0.3) is 10.9 Å². The van der Waals surface area contributed by atoms with Gasteiger partial charge in [0.25, 0.3) is 6.43 Å². The third-order valence-electron chi connectivity index (χ3n) is 2.07. The molecule has 1 unspecified atom stereocenters. The maximum absolute atomic E-state index is 12.3. The molecule has 1 atom stereocenters. The number of aromatic amines is 1. The largest absolute Gasteiger partial charge is 0.382 e. The first-order valence-electron chi connectivity index (χ1n) is 4.08. The van der Waals surface area contributed by atoms with Gasteiger partial charge in [0, 0.05) is 10.9 Å². The molecule has 0 aliphatic heterocycles. The highest BCUT2D eigenvalue weighted by molar-refractivity contribution is 5.81. The topological polar surface area (TPSA) is 48.9 Å². The number of hydrogen-bond acceptors (Lipinski definition) is 2. The maximum Gasteiger partial charge on any atom is 0.268 e. The van der Waals surface area contributed by atoms with E-state index < -0.39 is 12.5 Å². The van der Waals surface area contributed by atoms with Crippen LogP contribution in [0, 0.1) is 0 Å². The maximum atomic E-state index is 12.3. The summed E-state index contributed by atoms with van der Waals surface area (Å²) in [7, 11) is 0. The first-order chi connectivity index (χ1) is 6.70. The summed E-state index contributed by atoms with van der Waals surface area (Å²) < 4.78 is 24.5. The number of rotatable bonds is 2. The summed E-state index contributed by atoms with van der Waals surface area (Å²) in [5.74, 6) is 0. The van der Waals surface area contributed by atoms with Crippen LogP contribution in [0.3, 0.4) is 0 Å². The van der Waals surface area contributed by atoms with Crippen LogP contribution < -0.4 is 0 Å². The highest BCUT2D eigenvalue weighted by Gasteiger charge is 2.21. The molecule has 0 saturated heterocycles. The van der Waals surface area contributed by atoms with Gasteiger partial charge in [0.1, 0.15) is 6.10 Å². The van der Waals surface area contributed by atoms with E-state index in [4.69, 9.17) is 0 Å². The molecule has 2 N–H and O–H groups in total. The summed E-state index contributed by atoms with van der Waals surface area (Å²) in [6, 6.07) is 4.80. The molecule has 3 nitrogen and oxygen atoms in total. The van der Waals surface area contributed by atoms with Crippen molar-refractivity contribution in [2.45, 2.75) is 12.5 Å². The Labute approximate surface area is 78.4 Å². The Kier molecular flexibility index (Phi) is 2.17. The number of benzene rings is 1.